The van der Waals surface area contributed by atoms with E-state index in [9.17, 15) is 4.79 Å². The minimum Gasteiger partial charge on any atom is -0.497 e. The lowest BCUT2D eigenvalue weighted by Crippen LogP contribution is -2.50. The first kappa shape index (κ1) is 18.9. The van der Waals surface area contributed by atoms with Gasteiger partial charge in [-0.1, -0.05) is 30.3 Å². The summed E-state index contributed by atoms with van der Waals surface area (Å²) in [5.74, 6) is 2.31. The molecule has 150 valence electrons. The Morgan fingerprint density at radius 1 is 1.00 bits per heavy atom. The first-order chi connectivity index (χ1) is 14.2. The summed E-state index contributed by atoms with van der Waals surface area (Å²) in [6.45, 7) is 2.82. The van der Waals surface area contributed by atoms with Crippen LogP contribution in [0.1, 0.15) is 0 Å². The van der Waals surface area contributed by atoms with Gasteiger partial charge in [0, 0.05) is 32.2 Å². The number of H-pyrrole nitrogens is 1. The molecule has 0 radical (unpaired) electrons. The zero-order valence-electron chi connectivity index (χ0n) is 16.4. The third kappa shape index (κ3) is 4.51. The van der Waals surface area contributed by atoms with Crippen LogP contribution in [0.2, 0.25) is 0 Å². The Kier molecular flexibility index (Phi) is 5.65. The number of piperazine rings is 1. The molecule has 0 spiro atoms. The largest absolute Gasteiger partial charge is 0.497 e. The Labute approximate surface area is 169 Å². The molecule has 3 aromatic rings. The summed E-state index contributed by atoms with van der Waals surface area (Å²) >= 11 is 0. The molecule has 1 aliphatic rings. The van der Waals surface area contributed by atoms with Crippen LogP contribution in [-0.4, -0.2) is 60.9 Å². The lowest BCUT2D eigenvalue weighted by atomic mass is 10.1. The molecule has 1 fully saturated rings. The van der Waals surface area contributed by atoms with Gasteiger partial charge in [0.15, 0.2) is 12.4 Å². The third-order valence-corrected chi connectivity index (χ3v) is 5.03. The molecule has 2 aromatic carbocycles. The quantitative estimate of drug-likeness (QED) is 0.699. The minimum atomic E-state index is -0.00697. The van der Waals surface area contributed by atoms with Gasteiger partial charge in [-0.25, -0.2) is 0 Å². The van der Waals surface area contributed by atoms with Crippen LogP contribution in [0.3, 0.4) is 0 Å². The molecule has 7 heteroatoms. The second-order valence-electron chi connectivity index (χ2n) is 6.84. The van der Waals surface area contributed by atoms with Gasteiger partial charge in [-0.05, 0) is 29.8 Å². The average molecular weight is 392 g/mol. The Morgan fingerprint density at radius 2 is 1.69 bits per heavy atom. The Bertz CT molecular complexity index is 932. The second-order valence-corrected chi connectivity index (χ2v) is 6.84. The van der Waals surface area contributed by atoms with E-state index in [0.29, 0.717) is 18.8 Å². The number of methoxy groups -OCH3 is 1. The molecule has 0 aliphatic carbocycles. The van der Waals surface area contributed by atoms with Gasteiger partial charge in [0.1, 0.15) is 11.5 Å². The van der Waals surface area contributed by atoms with Crippen molar-refractivity contribution in [1.82, 2.24) is 15.1 Å². The van der Waals surface area contributed by atoms with E-state index < -0.39 is 0 Å². The highest BCUT2D eigenvalue weighted by Gasteiger charge is 2.23. The first-order valence-corrected chi connectivity index (χ1v) is 9.63. The molecule has 7 nitrogen and oxygen atoms in total. The van der Waals surface area contributed by atoms with Crippen molar-refractivity contribution in [2.24, 2.45) is 0 Å². The maximum absolute atomic E-state index is 12.5. The molecule has 0 saturated carbocycles. The van der Waals surface area contributed by atoms with Gasteiger partial charge in [0.05, 0.1) is 12.8 Å². The number of ether oxygens (including phenoxy) is 2. The molecule has 2 heterocycles. The lowest BCUT2D eigenvalue weighted by Gasteiger charge is -2.34. The van der Waals surface area contributed by atoms with Gasteiger partial charge in [0.2, 0.25) is 0 Å². The number of amides is 1. The number of nitrogens with zero attached hydrogens (tertiary/aromatic N) is 3. The van der Waals surface area contributed by atoms with Crippen molar-refractivity contribution in [3.05, 3.63) is 60.7 Å². The average Bonchev–Trinajstić information content (AvgIpc) is 3.29. The van der Waals surface area contributed by atoms with Gasteiger partial charge < -0.3 is 19.3 Å². The monoisotopic (exact) mass is 392 g/mol. The van der Waals surface area contributed by atoms with Crippen LogP contribution in [0.25, 0.3) is 11.3 Å². The Balaban J connectivity index is 1.27. The van der Waals surface area contributed by atoms with Gasteiger partial charge in [-0.2, -0.15) is 5.10 Å². The van der Waals surface area contributed by atoms with Crippen molar-refractivity contribution in [2.45, 2.75) is 0 Å². The zero-order chi connectivity index (χ0) is 20.1. The number of benzene rings is 2. The molecule has 0 unspecified atom stereocenters. The van der Waals surface area contributed by atoms with Crippen molar-refractivity contribution >= 4 is 11.7 Å². The maximum atomic E-state index is 12.5. The summed E-state index contributed by atoms with van der Waals surface area (Å²) in [5.41, 5.74) is 2.10. The van der Waals surface area contributed by atoms with Crippen LogP contribution < -0.4 is 14.4 Å². The highest BCUT2D eigenvalue weighted by Crippen LogP contribution is 2.22. The third-order valence-electron chi connectivity index (χ3n) is 5.03. The summed E-state index contributed by atoms with van der Waals surface area (Å²) in [4.78, 5) is 16.5. The Morgan fingerprint density at radius 3 is 2.38 bits per heavy atom. The minimum absolute atomic E-state index is 0.00697. The van der Waals surface area contributed by atoms with Crippen LogP contribution in [0.4, 0.5) is 5.82 Å². The zero-order valence-corrected chi connectivity index (χ0v) is 16.4. The second kappa shape index (κ2) is 8.68. The van der Waals surface area contributed by atoms with Gasteiger partial charge >= 0.3 is 0 Å². The number of anilines is 1. The smallest absolute Gasteiger partial charge is 0.260 e. The van der Waals surface area contributed by atoms with Crippen molar-refractivity contribution in [2.75, 3.05) is 44.8 Å². The molecule has 0 bridgehead atoms. The molecule has 1 aliphatic heterocycles. The summed E-state index contributed by atoms with van der Waals surface area (Å²) in [6.07, 6.45) is 0. The van der Waals surface area contributed by atoms with E-state index in [0.717, 1.165) is 35.9 Å². The number of hydrogen-bond acceptors (Lipinski definition) is 5. The standard InChI is InChI=1S/C22H24N4O3/c1-28-18-7-9-19(10-8-18)29-16-22(27)26-13-11-25(12-14-26)21-15-20(23-24-21)17-5-3-2-4-6-17/h2-10,15H,11-14,16H2,1H3,(H,23,24). The topological polar surface area (TPSA) is 70.7 Å². The van der Waals surface area contributed by atoms with E-state index in [1.54, 1.807) is 19.2 Å². The fourth-order valence-electron chi connectivity index (χ4n) is 3.33. The fourth-order valence-corrected chi connectivity index (χ4v) is 3.33. The van der Waals surface area contributed by atoms with Gasteiger partial charge in [0.25, 0.3) is 5.91 Å². The van der Waals surface area contributed by atoms with E-state index in [1.807, 2.05) is 35.2 Å². The fraction of sp³-hybridized carbons (Fsp3) is 0.273. The maximum Gasteiger partial charge on any atom is 0.260 e. The number of hydrogen-bond donors (Lipinski definition) is 1. The molecule has 1 aromatic heterocycles. The number of carbonyl (C=O) groups is 1. The summed E-state index contributed by atoms with van der Waals surface area (Å²) < 4.78 is 10.7. The van der Waals surface area contributed by atoms with Crippen LogP contribution in [-0.2, 0) is 4.79 Å². The van der Waals surface area contributed by atoms with Crippen LogP contribution in [0.5, 0.6) is 11.5 Å². The molecule has 1 amide bonds. The van der Waals surface area contributed by atoms with Crippen LogP contribution >= 0.6 is 0 Å². The summed E-state index contributed by atoms with van der Waals surface area (Å²) in [5, 5.41) is 7.54. The number of aromatic nitrogens is 2. The predicted molar refractivity (Wildman–Crippen MR) is 111 cm³/mol. The van der Waals surface area contributed by atoms with Crippen molar-refractivity contribution < 1.29 is 14.3 Å². The first-order valence-electron chi connectivity index (χ1n) is 9.63. The van der Waals surface area contributed by atoms with E-state index in [-0.39, 0.29) is 12.5 Å². The molecular weight excluding hydrogens is 368 g/mol. The molecule has 1 saturated heterocycles. The molecule has 4 rings (SSSR count). The van der Waals surface area contributed by atoms with Crippen molar-refractivity contribution in [1.29, 1.82) is 0 Å². The number of nitrogens with one attached hydrogen (secondary N) is 1. The van der Waals surface area contributed by atoms with E-state index in [4.69, 9.17) is 9.47 Å². The highest BCUT2D eigenvalue weighted by molar-refractivity contribution is 5.78. The number of rotatable bonds is 6. The van der Waals surface area contributed by atoms with Crippen LogP contribution in [0.15, 0.2) is 60.7 Å². The molecular formula is C22H24N4O3. The molecule has 1 N–H and O–H groups in total. The lowest BCUT2D eigenvalue weighted by molar-refractivity contribution is -0.133. The van der Waals surface area contributed by atoms with Crippen LogP contribution in [0, 0.1) is 0 Å². The summed E-state index contributed by atoms with van der Waals surface area (Å²) in [6, 6.07) is 19.4. The number of carbonyl (C=O) groups excluding carboxylic acids is 1. The Hall–Kier alpha value is -3.48. The molecule has 29 heavy (non-hydrogen) atoms. The normalized spacial score (nSPS) is 14.0. The van der Waals surface area contributed by atoms with E-state index >= 15 is 0 Å². The van der Waals surface area contributed by atoms with E-state index in [1.165, 1.54) is 0 Å². The number of aromatic amines is 1. The van der Waals surface area contributed by atoms with Gasteiger partial charge in [-0.3, -0.25) is 9.89 Å². The SMILES string of the molecule is COc1ccc(OCC(=O)N2CCN(c3cc(-c4ccccc4)[nH]n3)CC2)cc1. The van der Waals surface area contributed by atoms with Crippen molar-refractivity contribution in [3.63, 3.8) is 0 Å². The van der Waals surface area contributed by atoms with Gasteiger partial charge in [-0.15, -0.1) is 0 Å². The molecule has 0 atom stereocenters. The van der Waals surface area contributed by atoms with Crippen molar-refractivity contribution in [3.8, 4) is 22.8 Å². The summed E-state index contributed by atoms with van der Waals surface area (Å²) in [7, 11) is 1.62. The predicted octanol–water partition coefficient (Wildman–Crippen LogP) is 2.81. The van der Waals surface area contributed by atoms with E-state index in [2.05, 4.69) is 33.3 Å². The highest BCUT2D eigenvalue weighted by atomic mass is 16.5.